The predicted octanol–water partition coefficient (Wildman–Crippen LogP) is 2.70. The second-order valence-corrected chi connectivity index (χ2v) is 5.64. The maximum Gasteiger partial charge on any atom is 0.255 e. The number of benzene rings is 1. The Morgan fingerprint density at radius 1 is 1.30 bits per heavy atom. The number of amides is 1. The second-order valence-electron chi connectivity index (χ2n) is 4.66. The summed E-state index contributed by atoms with van der Waals surface area (Å²) in [6, 6.07) is 9.95. The molecule has 0 aliphatic carbocycles. The lowest BCUT2D eigenvalue weighted by molar-refractivity contribution is 0.0915. The highest BCUT2D eigenvalue weighted by molar-refractivity contribution is 7.10. The number of aliphatic hydroxyl groups is 1. The molecule has 2 rings (SSSR count). The zero-order valence-corrected chi connectivity index (χ0v) is 11.9. The number of thiophene rings is 1. The summed E-state index contributed by atoms with van der Waals surface area (Å²) in [5.41, 5.74) is 0.241. The monoisotopic (exact) mass is 291 g/mol. The van der Waals surface area contributed by atoms with Crippen LogP contribution in [0.1, 0.15) is 34.7 Å². The van der Waals surface area contributed by atoms with Crippen molar-refractivity contribution in [3.63, 3.8) is 0 Å². The van der Waals surface area contributed by atoms with E-state index in [0.717, 1.165) is 4.88 Å². The number of carbonyl (C=O) groups is 1. The first-order valence-electron chi connectivity index (χ1n) is 6.38. The molecule has 5 heteroatoms. The molecule has 0 fully saturated rings. The molecule has 2 unspecified atom stereocenters. The number of aliphatic hydroxyl groups excluding tert-OH is 1. The molecule has 0 radical (unpaired) electrons. The van der Waals surface area contributed by atoms with E-state index in [0.29, 0.717) is 6.42 Å². The van der Waals surface area contributed by atoms with Crippen molar-refractivity contribution in [3.05, 3.63) is 52.2 Å². The van der Waals surface area contributed by atoms with Crippen LogP contribution in [-0.2, 0) is 0 Å². The van der Waals surface area contributed by atoms with Crippen LogP contribution in [0.2, 0.25) is 0 Å². The first-order chi connectivity index (χ1) is 9.58. The fourth-order valence-corrected chi connectivity index (χ4v) is 2.68. The Bertz CT molecular complexity index is 568. The second kappa shape index (κ2) is 6.54. The van der Waals surface area contributed by atoms with E-state index in [1.807, 2.05) is 24.4 Å². The Morgan fingerprint density at radius 3 is 2.70 bits per heavy atom. The number of carbonyl (C=O) groups excluding carboxylic acids is 1. The number of para-hydroxylation sites is 1. The summed E-state index contributed by atoms with van der Waals surface area (Å²) < 4.78 is 0. The van der Waals surface area contributed by atoms with Crippen LogP contribution in [-0.4, -0.2) is 22.2 Å². The van der Waals surface area contributed by atoms with Crippen molar-refractivity contribution in [1.29, 1.82) is 0 Å². The van der Waals surface area contributed by atoms with E-state index in [1.54, 1.807) is 18.2 Å². The minimum Gasteiger partial charge on any atom is -0.507 e. The smallest absolute Gasteiger partial charge is 0.255 e. The van der Waals surface area contributed by atoms with Gasteiger partial charge in [-0.3, -0.25) is 4.79 Å². The van der Waals surface area contributed by atoms with Crippen molar-refractivity contribution in [1.82, 2.24) is 5.32 Å². The molecule has 0 saturated heterocycles. The van der Waals surface area contributed by atoms with Gasteiger partial charge in [0.1, 0.15) is 5.75 Å². The van der Waals surface area contributed by atoms with E-state index >= 15 is 0 Å². The maximum absolute atomic E-state index is 12.0. The molecule has 0 saturated carbocycles. The lowest BCUT2D eigenvalue weighted by Gasteiger charge is -2.17. The molecule has 0 aliphatic heterocycles. The van der Waals surface area contributed by atoms with Gasteiger partial charge in [0, 0.05) is 10.9 Å². The number of rotatable bonds is 5. The molecule has 1 heterocycles. The molecule has 0 spiro atoms. The van der Waals surface area contributed by atoms with Crippen molar-refractivity contribution in [3.8, 4) is 5.75 Å². The van der Waals surface area contributed by atoms with Gasteiger partial charge >= 0.3 is 0 Å². The maximum atomic E-state index is 12.0. The average molecular weight is 291 g/mol. The average Bonchev–Trinajstić information content (AvgIpc) is 2.92. The van der Waals surface area contributed by atoms with Crippen LogP contribution in [0.25, 0.3) is 0 Å². The highest BCUT2D eigenvalue weighted by Gasteiger charge is 2.17. The third-order valence-corrected chi connectivity index (χ3v) is 3.95. The standard InChI is InChI=1S/C15H17NO3S/c1-10(9-13(18)14-7-4-8-20-14)16-15(19)11-5-2-3-6-12(11)17/h2-8,10,13,17-18H,9H2,1H3,(H,16,19). The van der Waals surface area contributed by atoms with Crippen LogP contribution in [0.5, 0.6) is 5.75 Å². The fourth-order valence-electron chi connectivity index (χ4n) is 1.96. The summed E-state index contributed by atoms with van der Waals surface area (Å²) in [6.07, 6.45) is -0.158. The Balaban J connectivity index is 1.93. The Kier molecular flexibility index (Phi) is 4.76. The van der Waals surface area contributed by atoms with Gasteiger partial charge in [-0.05, 0) is 36.9 Å². The van der Waals surface area contributed by atoms with E-state index in [-0.39, 0.29) is 23.3 Å². The molecule has 20 heavy (non-hydrogen) atoms. The number of hydrogen-bond acceptors (Lipinski definition) is 4. The first-order valence-corrected chi connectivity index (χ1v) is 7.26. The van der Waals surface area contributed by atoms with E-state index in [9.17, 15) is 15.0 Å². The van der Waals surface area contributed by atoms with Gasteiger partial charge in [0.05, 0.1) is 11.7 Å². The summed E-state index contributed by atoms with van der Waals surface area (Å²) in [6.45, 7) is 1.83. The van der Waals surface area contributed by atoms with Gasteiger partial charge in [-0.2, -0.15) is 0 Å². The predicted molar refractivity (Wildman–Crippen MR) is 78.9 cm³/mol. The van der Waals surface area contributed by atoms with Crippen LogP contribution in [0, 0.1) is 0 Å². The fraction of sp³-hybridized carbons (Fsp3) is 0.267. The zero-order chi connectivity index (χ0) is 14.5. The van der Waals surface area contributed by atoms with Crippen LogP contribution >= 0.6 is 11.3 Å². The minimum absolute atomic E-state index is 0.0454. The number of aromatic hydroxyl groups is 1. The first kappa shape index (κ1) is 14.6. The largest absolute Gasteiger partial charge is 0.507 e. The van der Waals surface area contributed by atoms with Crippen LogP contribution in [0.15, 0.2) is 41.8 Å². The molecule has 0 aliphatic rings. The van der Waals surface area contributed by atoms with Gasteiger partial charge in [0.2, 0.25) is 0 Å². The summed E-state index contributed by atoms with van der Waals surface area (Å²) in [4.78, 5) is 12.9. The van der Waals surface area contributed by atoms with Gasteiger partial charge in [0.15, 0.2) is 0 Å². The summed E-state index contributed by atoms with van der Waals surface area (Å²) >= 11 is 1.49. The molecular formula is C15H17NO3S. The summed E-state index contributed by atoms with van der Waals surface area (Å²) in [5.74, 6) is -0.384. The van der Waals surface area contributed by atoms with Gasteiger partial charge in [-0.1, -0.05) is 18.2 Å². The summed E-state index contributed by atoms with van der Waals surface area (Å²) in [5, 5.41) is 24.3. The minimum atomic E-state index is -0.588. The number of phenolic OH excluding ortho intramolecular Hbond substituents is 1. The van der Waals surface area contributed by atoms with Crippen molar-refractivity contribution < 1.29 is 15.0 Å². The van der Waals surface area contributed by atoms with Crippen molar-refractivity contribution in [2.24, 2.45) is 0 Å². The normalized spacial score (nSPS) is 13.7. The quantitative estimate of drug-likeness (QED) is 0.793. The highest BCUT2D eigenvalue weighted by Crippen LogP contribution is 2.23. The molecule has 106 valence electrons. The Labute approximate surface area is 121 Å². The number of nitrogens with one attached hydrogen (secondary N) is 1. The number of phenols is 1. The highest BCUT2D eigenvalue weighted by atomic mass is 32.1. The third kappa shape index (κ3) is 3.59. The van der Waals surface area contributed by atoms with Gasteiger partial charge in [-0.15, -0.1) is 11.3 Å². The van der Waals surface area contributed by atoms with Crippen molar-refractivity contribution in [2.45, 2.75) is 25.5 Å². The van der Waals surface area contributed by atoms with Gasteiger partial charge < -0.3 is 15.5 Å². The Hall–Kier alpha value is -1.85. The van der Waals surface area contributed by atoms with Gasteiger partial charge in [0.25, 0.3) is 5.91 Å². The lowest BCUT2D eigenvalue weighted by atomic mass is 10.1. The van der Waals surface area contributed by atoms with Crippen molar-refractivity contribution >= 4 is 17.2 Å². The zero-order valence-electron chi connectivity index (χ0n) is 11.1. The Morgan fingerprint density at radius 2 is 2.05 bits per heavy atom. The van der Waals surface area contributed by atoms with Crippen LogP contribution in [0.3, 0.4) is 0 Å². The molecule has 2 aromatic rings. The topological polar surface area (TPSA) is 69.6 Å². The van der Waals surface area contributed by atoms with E-state index in [4.69, 9.17) is 0 Å². The van der Waals surface area contributed by atoms with Crippen LogP contribution < -0.4 is 5.32 Å². The van der Waals surface area contributed by atoms with Gasteiger partial charge in [-0.25, -0.2) is 0 Å². The van der Waals surface area contributed by atoms with Crippen LogP contribution in [0.4, 0.5) is 0 Å². The molecule has 4 nitrogen and oxygen atoms in total. The van der Waals surface area contributed by atoms with E-state index < -0.39 is 6.10 Å². The molecular weight excluding hydrogens is 274 g/mol. The van der Waals surface area contributed by atoms with E-state index in [1.165, 1.54) is 17.4 Å². The van der Waals surface area contributed by atoms with Crippen molar-refractivity contribution in [2.75, 3.05) is 0 Å². The molecule has 2 atom stereocenters. The molecule has 1 amide bonds. The lowest BCUT2D eigenvalue weighted by Crippen LogP contribution is -2.33. The third-order valence-electron chi connectivity index (χ3n) is 2.97. The molecule has 1 aromatic carbocycles. The number of hydrogen-bond donors (Lipinski definition) is 3. The molecule has 1 aromatic heterocycles. The molecule has 0 bridgehead atoms. The SMILES string of the molecule is CC(CC(O)c1cccs1)NC(=O)c1ccccc1O. The summed E-state index contributed by atoms with van der Waals surface area (Å²) in [7, 11) is 0. The molecule has 3 N–H and O–H groups in total. The van der Waals surface area contributed by atoms with E-state index in [2.05, 4.69) is 5.32 Å².